The number of hydrogen-bond donors (Lipinski definition) is 0. The molecule has 0 aliphatic heterocycles. The van der Waals surface area contributed by atoms with Crippen LogP contribution in [0.2, 0.25) is 0 Å². The molecule has 2 nitrogen and oxygen atoms in total. The van der Waals surface area contributed by atoms with Crippen molar-refractivity contribution in [1.82, 2.24) is 4.98 Å². The SMILES string of the molecule is Cc1cc(N(C)C)c2ccc3ccccc3c2n1.Cl. The van der Waals surface area contributed by atoms with Gasteiger partial charge in [-0.15, -0.1) is 12.4 Å². The van der Waals surface area contributed by atoms with Gasteiger partial charge in [0.15, 0.2) is 0 Å². The van der Waals surface area contributed by atoms with Crippen molar-refractivity contribution < 1.29 is 0 Å². The van der Waals surface area contributed by atoms with Crippen LogP contribution in [0.15, 0.2) is 42.5 Å². The van der Waals surface area contributed by atoms with E-state index in [2.05, 4.69) is 61.5 Å². The van der Waals surface area contributed by atoms with Crippen LogP contribution in [0.25, 0.3) is 21.7 Å². The van der Waals surface area contributed by atoms with Gasteiger partial charge in [-0.2, -0.15) is 0 Å². The van der Waals surface area contributed by atoms with E-state index < -0.39 is 0 Å². The van der Waals surface area contributed by atoms with Crippen molar-refractivity contribution in [2.45, 2.75) is 6.92 Å². The van der Waals surface area contributed by atoms with Crippen LogP contribution in [0.5, 0.6) is 0 Å². The first-order chi connectivity index (χ1) is 8.66. The molecule has 0 aliphatic carbocycles. The summed E-state index contributed by atoms with van der Waals surface area (Å²) in [6.45, 7) is 2.05. The molecular formula is C16H17ClN2. The Morgan fingerprint density at radius 2 is 1.68 bits per heavy atom. The van der Waals surface area contributed by atoms with Gasteiger partial charge in [0.2, 0.25) is 0 Å². The van der Waals surface area contributed by atoms with E-state index in [-0.39, 0.29) is 12.4 Å². The summed E-state index contributed by atoms with van der Waals surface area (Å²) in [4.78, 5) is 6.86. The topological polar surface area (TPSA) is 16.1 Å². The van der Waals surface area contributed by atoms with E-state index in [9.17, 15) is 0 Å². The Hall–Kier alpha value is -1.80. The summed E-state index contributed by atoms with van der Waals surface area (Å²) in [5, 5.41) is 3.68. The summed E-state index contributed by atoms with van der Waals surface area (Å²) in [6, 6.07) is 14.9. The minimum absolute atomic E-state index is 0. The maximum atomic E-state index is 4.72. The summed E-state index contributed by atoms with van der Waals surface area (Å²) in [5.74, 6) is 0. The lowest BCUT2D eigenvalue weighted by Crippen LogP contribution is -2.10. The predicted molar refractivity (Wildman–Crippen MR) is 85.6 cm³/mol. The molecule has 3 heteroatoms. The third kappa shape index (κ3) is 2.24. The predicted octanol–water partition coefficient (Wildman–Crippen LogP) is 4.18. The number of benzene rings is 2. The molecule has 0 aliphatic rings. The van der Waals surface area contributed by atoms with E-state index in [1.54, 1.807) is 0 Å². The van der Waals surface area contributed by atoms with Crippen molar-refractivity contribution in [2.24, 2.45) is 0 Å². The van der Waals surface area contributed by atoms with Gasteiger partial charge in [0, 0.05) is 36.2 Å². The van der Waals surface area contributed by atoms with E-state index in [0.29, 0.717) is 0 Å². The molecular weight excluding hydrogens is 256 g/mol. The van der Waals surface area contributed by atoms with Crippen LogP contribution in [-0.4, -0.2) is 19.1 Å². The molecule has 1 aromatic heterocycles. The van der Waals surface area contributed by atoms with Crippen molar-refractivity contribution in [3.8, 4) is 0 Å². The number of nitrogens with zero attached hydrogens (tertiary/aromatic N) is 2. The van der Waals surface area contributed by atoms with Crippen molar-refractivity contribution in [3.63, 3.8) is 0 Å². The van der Waals surface area contributed by atoms with Gasteiger partial charge >= 0.3 is 0 Å². The lowest BCUT2D eigenvalue weighted by molar-refractivity contribution is 1.12. The number of fused-ring (bicyclic) bond motifs is 3. The van der Waals surface area contributed by atoms with Gasteiger partial charge in [-0.25, -0.2) is 0 Å². The zero-order chi connectivity index (χ0) is 12.7. The van der Waals surface area contributed by atoms with Crippen LogP contribution in [0.3, 0.4) is 0 Å². The van der Waals surface area contributed by atoms with Crippen molar-refractivity contribution >= 4 is 39.8 Å². The second kappa shape index (κ2) is 5.06. The lowest BCUT2D eigenvalue weighted by atomic mass is 10.0. The average Bonchev–Trinajstić information content (AvgIpc) is 2.37. The molecule has 2 aromatic carbocycles. The van der Waals surface area contributed by atoms with Gasteiger partial charge in [-0.05, 0) is 18.4 Å². The molecule has 0 spiro atoms. The Kier molecular flexibility index (Phi) is 3.63. The monoisotopic (exact) mass is 272 g/mol. The highest BCUT2D eigenvalue weighted by Gasteiger charge is 2.08. The summed E-state index contributed by atoms with van der Waals surface area (Å²) in [6.07, 6.45) is 0. The van der Waals surface area contributed by atoms with Gasteiger partial charge in [-0.1, -0.05) is 36.4 Å². The molecule has 0 amide bonds. The Morgan fingerprint density at radius 1 is 0.947 bits per heavy atom. The molecule has 3 aromatic rings. The fraction of sp³-hybridized carbons (Fsp3) is 0.188. The van der Waals surface area contributed by atoms with Crippen LogP contribution >= 0.6 is 12.4 Å². The van der Waals surface area contributed by atoms with E-state index in [1.807, 2.05) is 6.92 Å². The molecule has 0 atom stereocenters. The van der Waals surface area contributed by atoms with Gasteiger partial charge < -0.3 is 4.90 Å². The molecule has 0 bridgehead atoms. The zero-order valence-corrected chi connectivity index (χ0v) is 12.2. The fourth-order valence-corrected chi connectivity index (χ4v) is 2.44. The normalized spacial score (nSPS) is 10.5. The number of rotatable bonds is 1. The number of halogens is 1. The Labute approximate surface area is 119 Å². The molecule has 3 rings (SSSR count). The minimum atomic E-state index is 0. The molecule has 0 unspecified atom stereocenters. The molecule has 0 N–H and O–H groups in total. The number of hydrogen-bond acceptors (Lipinski definition) is 2. The maximum Gasteiger partial charge on any atom is 0.0804 e. The summed E-state index contributed by atoms with van der Waals surface area (Å²) < 4.78 is 0. The highest BCUT2D eigenvalue weighted by Crippen LogP contribution is 2.30. The molecule has 0 fully saturated rings. The van der Waals surface area contributed by atoms with Crippen LogP contribution < -0.4 is 4.90 Å². The quantitative estimate of drug-likeness (QED) is 0.618. The number of anilines is 1. The highest BCUT2D eigenvalue weighted by molar-refractivity contribution is 6.09. The summed E-state index contributed by atoms with van der Waals surface area (Å²) in [5.41, 5.74) is 3.38. The van der Waals surface area contributed by atoms with E-state index in [4.69, 9.17) is 4.98 Å². The Balaban J connectivity index is 0.00000133. The van der Waals surface area contributed by atoms with Crippen molar-refractivity contribution in [1.29, 1.82) is 0 Å². The van der Waals surface area contributed by atoms with Crippen LogP contribution in [-0.2, 0) is 0 Å². The number of aryl methyl sites for hydroxylation is 1. The highest BCUT2D eigenvalue weighted by atomic mass is 35.5. The van der Waals surface area contributed by atoms with E-state index >= 15 is 0 Å². The third-order valence-corrected chi connectivity index (χ3v) is 3.29. The second-order valence-electron chi connectivity index (χ2n) is 4.86. The van der Waals surface area contributed by atoms with Gasteiger partial charge in [-0.3, -0.25) is 4.98 Å². The largest absolute Gasteiger partial charge is 0.377 e. The molecule has 1 heterocycles. The molecule has 0 saturated carbocycles. The Bertz CT molecular complexity index is 735. The summed E-state index contributed by atoms with van der Waals surface area (Å²) >= 11 is 0. The fourth-order valence-electron chi connectivity index (χ4n) is 2.44. The standard InChI is InChI=1S/C16H16N2.ClH/c1-11-10-15(18(2)3)14-9-8-12-6-4-5-7-13(12)16(14)17-11;/h4-10H,1-3H3;1H. The number of pyridine rings is 1. The summed E-state index contributed by atoms with van der Waals surface area (Å²) in [7, 11) is 4.15. The molecule has 19 heavy (non-hydrogen) atoms. The first-order valence-electron chi connectivity index (χ1n) is 6.13. The number of aromatic nitrogens is 1. The van der Waals surface area contributed by atoms with Gasteiger partial charge in [0.05, 0.1) is 5.52 Å². The van der Waals surface area contributed by atoms with Crippen LogP contribution in [0.1, 0.15) is 5.69 Å². The van der Waals surface area contributed by atoms with Gasteiger partial charge in [0.25, 0.3) is 0 Å². The maximum absolute atomic E-state index is 4.72. The average molecular weight is 273 g/mol. The lowest BCUT2D eigenvalue weighted by Gasteiger charge is -2.16. The van der Waals surface area contributed by atoms with Crippen molar-refractivity contribution in [3.05, 3.63) is 48.2 Å². The minimum Gasteiger partial charge on any atom is -0.377 e. The van der Waals surface area contributed by atoms with Crippen LogP contribution in [0, 0.1) is 6.92 Å². The molecule has 0 radical (unpaired) electrons. The van der Waals surface area contributed by atoms with Crippen molar-refractivity contribution in [2.75, 3.05) is 19.0 Å². The smallest absolute Gasteiger partial charge is 0.0804 e. The Morgan fingerprint density at radius 3 is 2.42 bits per heavy atom. The molecule has 0 saturated heterocycles. The first kappa shape index (κ1) is 13.6. The molecule has 98 valence electrons. The zero-order valence-electron chi connectivity index (χ0n) is 11.3. The van der Waals surface area contributed by atoms with E-state index in [1.165, 1.54) is 21.8 Å². The second-order valence-corrected chi connectivity index (χ2v) is 4.86. The van der Waals surface area contributed by atoms with E-state index in [0.717, 1.165) is 11.2 Å². The first-order valence-corrected chi connectivity index (χ1v) is 6.13. The third-order valence-electron chi connectivity index (χ3n) is 3.29. The van der Waals surface area contributed by atoms with Gasteiger partial charge in [0.1, 0.15) is 0 Å². The van der Waals surface area contributed by atoms with Crippen LogP contribution in [0.4, 0.5) is 5.69 Å².